The molecule has 1 aromatic carbocycles. The number of aryl methyl sites for hydroxylation is 1. The summed E-state index contributed by atoms with van der Waals surface area (Å²) < 4.78 is 6.06. The third-order valence-corrected chi connectivity index (χ3v) is 3.00. The van der Waals surface area contributed by atoms with Crippen molar-refractivity contribution in [3.8, 4) is 0 Å². The third kappa shape index (κ3) is 5.10. The van der Waals surface area contributed by atoms with Crippen LogP contribution in [0.25, 0.3) is 0 Å². The zero-order valence-electron chi connectivity index (χ0n) is 13.1. The van der Waals surface area contributed by atoms with E-state index in [-0.39, 0.29) is 24.9 Å². The van der Waals surface area contributed by atoms with E-state index in [4.69, 9.17) is 4.74 Å². The van der Waals surface area contributed by atoms with Crippen LogP contribution >= 0.6 is 0 Å². The molecule has 122 valence electrons. The van der Waals surface area contributed by atoms with Crippen LogP contribution in [0.1, 0.15) is 19.4 Å². The van der Waals surface area contributed by atoms with Gasteiger partial charge < -0.3 is 10.1 Å². The molecule has 23 heavy (non-hydrogen) atoms. The highest BCUT2D eigenvalue weighted by molar-refractivity contribution is 5.90. The summed E-state index contributed by atoms with van der Waals surface area (Å²) in [5.41, 5.74) is 1.92. The van der Waals surface area contributed by atoms with Gasteiger partial charge in [-0.25, -0.2) is 9.48 Å². The lowest BCUT2D eigenvalue weighted by molar-refractivity contribution is -0.116. The number of hydrogen-bond donors (Lipinski definition) is 2. The van der Waals surface area contributed by atoms with Crippen LogP contribution in [0.3, 0.4) is 0 Å². The number of hydrogen-bond acceptors (Lipinski definition) is 5. The van der Waals surface area contributed by atoms with Gasteiger partial charge in [0, 0.05) is 5.69 Å². The van der Waals surface area contributed by atoms with Gasteiger partial charge in [0.25, 0.3) is 0 Å². The number of carbonyl (C=O) groups excluding carboxylic acids is 2. The lowest BCUT2D eigenvalue weighted by atomic mass is 10.1. The predicted molar refractivity (Wildman–Crippen MR) is 85.1 cm³/mol. The van der Waals surface area contributed by atoms with Gasteiger partial charge in [0.1, 0.15) is 6.54 Å². The quantitative estimate of drug-likeness (QED) is 0.849. The number of anilines is 2. The van der Waals surface area contributed by atoms with E-state index in [9.17, 15) is 9.59 Å². The fourth-order valence-corrected chi connectivity index (χ4v) is 1.88. The molecular formula is C15H19N5O3. The second-order valence-electron chi connectivity index (χ2n) is 4.75. The average molecular weight is 317 g/mol. The summed E-state index contributed by atoms with van der Waals surface area (Å²) in [6, 6.07) is 7.64. The molecule has 0 unspecified atom stereocenters. The molecule has 0 radical (unpaired) electrons. The molecule has 2 N–H and O–H groups in total. The lowest BCUT2D eigenvalue weighted by Crippen LogP contribution is -2.19. The molecule has 1 heterocycles. The number of carbonyl (C=O) groups is 2. The van der Waals surface area contributed by atoms with Crippen LogP contribution in [0.2, 0.25) is 0 Å². The van der Waals surface area contributed by atoms with Crippen LogP contribution < -0.4 is 10.6 Å². The molecule has 2 amide bonds. The molecule has 2 aromatic rings. The Bertz CT molecular complexity index is 666. The van der Waals surface area contributed by atoms with Crippen LogP contribution in [0.4, 0.5) is 16.3 Å². The molecule has 8 nitrogen and oxygen atoms in total. The Labute approximate surface area is 133 Å². The van der Waals surface area contributed by atoms with Gasteiger partial charge >= 0.3 is 6.09 Å². The number of aromatic nitrogens is 3. The summed E-state index contributed by atoms with van der Waals surface area (Å²) in [6.45, 7) is 4.03. The van der Waals surface area contributed by atoms with Gasteiger partial charge in [-0.2, -0.15) is 0 Å². The molecule has 0 aliphatic carbocycles. The summed E-state index contributed by atoms with van der Waals surface area (Å²) >= 11 is 0. The third-order valence-electron chi connectivity index (χ3n) is 3.00. The molecule has 0 atom stereocenters. The molecule has 8 heteroatoms. The van der Waals surface area contributed by atoms with Crippen molar-refractivity contribution in [2.24, 2.45) is 0 Å². The Morgan fingerprint density at radius 2 is 1.91 bits per heavy atom. The number of amides is 2. The highest BCUT2D eigenvalue weighted by atomic mass is 16.5. The Kier molecular flexibility index (Phi) is 5.67. The van der Waals surface area contributed by atoms with E-state index in [0.29, 0.717) is 0 Å². The lowest BCUT2D eigenvalue weighted by Gasteiger charge is -2.05. The molecule has 0 spiro atoms. The zero-order chi connectivity index (χ0) is 16.7. The second kappa shape index (κ2) is 7.92. The van der Waals surface area contributed by atoms with Crippen LogP contribution in [-0.4, -0.2) is 33.6 Å². The fraction of sp³-hybridized carbons (Fsp3) is 0.333. The first-order valence-corrected chi connectivity index (χ1v) is 7.33. The molecule has 1 aromatic heterocycles. The maximum absolute atomic E-state index is 12.0. The molecule has 0 aliphatic heterocycles. The number of ether oxygens (including phenoxy) is 1. The fourth-order valence-electron chi connectivity index (χ4n) is 1.88. The monoisotopic (exact) mass is 317 g/mol. The smallest absolute Gasteiger partial charge is 0.412 e. The standard InChI is InChI=1S/C15H19N5O3/c1-3-11-5-7-12(8-6-11)16-14(21)10-20-9-13(18-19-20)17-15(22)23-4-2/h5-9H,3-4,10H2,1-2H3,(H,16,21)(H,17,22). The van der Waals surface area contributed by atoms with E-state index in [1.807, 2.05) is 24.3 Å². The maximum atomic E-state index is 12.0. The van der Waals surface area contributed by atoms with E-state index >= 15 is 0 Å². The minimum atomic E-state index is -0.611. The summed E-state index contributed by atoms with van der Waals surface area (Å²) in [5, 5.41) is 12.7. The largest absolute Gasteiger partial charge is 0.450 e. The van der Waals surface area contributed by atoms with E-state index in [2.05, 4.69) is 27.9 Å². The van der Waals surface area contributed by atoms with Crippen LogP contribution in [0.5, 0.6) is 0 Å². The van der Waals surface area contributed by atoms with Crippen LogP contribution in [0.15, 0.2) is 30.5 Å². The number of benzene rings is 1. The highest BCUT2D eigenvalue weighted by Crippen LogP contribution is 2.10. The Hall–Kier alpha value is -2.90. The molecule has 0 saturated carbocycles. The van der Waals surface area contributed by atoms with Crippen LogP contribution in [0, 0.1) is 0 Å². The van der Waals surface area contributed by atoms with Gasteiger partial charge in [0.15, 0.2) is 5.82 Å². The van der Waals surface area contributed by atoms with Crippen molar-refractivity contribution in [2.75, 3.05) is 17.2 Å². The minimum absolute atomic E-state index is 0.00691. The summed E-state index contributed by atoms with van der Waals surface area (Å²) in [4.78, 5) is 23.2. The van der Waals surface area contributed by atoms with Crippen molar-refractivity contribution < 1.29 is 14.3 Å². The number of nitrogens with zero attached hydrogens (tertiary/aromatic N) is 3. The summed E-state index contributed by atoms with van der Waals surface area (Å²) in [5.74, 6) is -0.00891. The topological polar surface area (TPSA) is 98.1 Å². The van der Waals surface area contributed by atoms with Crippen molar-refractivity contribution in [3.63, 3.8) is 0 Å². The van der Waals surface area contributed by atoms with Gasteiger partial charge in [-0.3, -0.25) is 10.1 Å². The average Bonchev–Trinajstić information content (AvgIpc) is 2.95. The Balaban J connectivity index is 1.87. The van der Waals surface area contributed by atoms with E-state index in [1.54, 1.807) is 6.92 Å². The van der Waals surface area contributed by atoms with E-state index < -0.39 is 6.09 Å². The maximum Gasteiger partial charge on any atom is 0.412 e. The first-order valence-electron chi connectivity index (χ1n) is 7.33. The van der Waals surface area contributed by atoms with Gasteiger partial charge in [-0.05, 0) is 31.0 Å². The first-order chi connectivity index (χ1) is 11.1. The van der Waals surface area contributed by atoms with Crippen molar-refractivity contribution in [1.29, 1.82) is 0 Å². The predicted octanol–water partition coefficient (Wildman–Crippen LogP) is 2.05. The number of nitrogens with one attached hydrogen (secondary N) is 2. The molecule has 2 rings (SSSR count). The molecule has 0 bridgehead atoms. The zero-order valence-corrected chi connectivity index (χ0v) is 13.1. The van der Waals surface area contributed by atoms with Crippen molar-refractivity contribution in [2.45, 2.75) is 26.8 Å². The second-order valence-corrected chi connectivity index (χ2v) is 4.75. The van der Waals surface area contributed by atoms with Crippen molar-refractivity contribution >= 4 is 23.5 Å². The molecule has 0 saturated heterocycles. The Morgan fingerprint density at radius 1 is 1.17 bits per heavy atom. The summed E-state index contributed by atoms with van der Waals surface area (Å²) in [6.07, 6.45) is 1.79. The number of rotatable bonds is 6. The highest BCUT2D eigenvalue weighted by Gasteiger charge is 2.09. The SMILES string of the molecule is CCOC(=O)Nc1cn(CC(=O)Nc2ccc(CC)cc2)nn1. The van der Waals surface area contributed by atoms with Crippen molar-refractivity contribution in [1.82, 2.24) is 15.0 Å². The van der Waals surface area contributed by atoms with Gasteiger partial charge in [0.2, 0.25) is 5.91 Å². The molecule has 0 fully saturated rings. The first kappa shape index (κ1) is 16.5. The van der Waals surface area contributed by atoms with E-state index in [1.165, 1.54) is 16.4 Å². The van der Waals surface area contributed by atoms with Gasteiger partial charge in [0.05, 0.1) is 12.8 Å². The van der Waals surface area contributed by atoms with Gasteiger partial charge in [-0.15, -0.1) is 5.10 Å². The van der Waals surface area contributed by atoms with Crippen LogP contribution in [-0.2, 0) is 22.5 Å². The minimum Gasteiger partial charge on any atom is -0.450 e. The summed E-state index contributed by atoms with van der Waals surface area (Å²) in [7, 11) is 0. The Morgan fingerprint density at radius 3 is 2.57 bits per heavy atom. The normalized spacial score (nSPS) is 10.2. The van der Waals surface area contributed by atoms with Gasteiger partial charge in [-0.1, -0.05) is 24.3 Å². The van der Waals surface area contributed by atoms with E-state index in [0.717, 1.165) is 12.1 Å². The van der Waals surface area contributed by atoms with Crippen molar-refractivity contribution in [3.05, 3.63) is 36.0 Å². The molecule has 0 aliphatic rings. The molecular weight excluding hydrogens is 298 g/mol.